The average molecular weight is 345 g/mol. The number of carbonyl (C=O) groups is 2. The van der Waals surface area contributed by atoms with Crippen LogP contribution >= 0.6 is 22.6 Å². The van der Waals surface area contributed by atoms with Crippen LogP contribution < -0.4 is 16.0 Å². The minimum absolute atomic E-state index is 0.0803. The van der Waals surface area contributed by atoms with Crippen LogP contribution in [0.25, 0.3) is 0 Å². The minimum atomic E-state index is -0.369. The predicted molar refractivity (Wildman–Crippen MR) is 72.6 cm³/mol. The van der Waals surface area contributed by atoms with Crippen molar-refractivity contribution in [2.75, 3.05) is 18.4 Å². The summed E-state index contributed by atoms with van der Waals surface area (Å²) in [7, 11) is 0. The highest BCUT2D eigenvalue weighted by atomic mass is 127. The van der Waals surface area contributed by atoms with E-state index in [1.165, 1.54) is 0 Å². The third kappa shape index (κ3) is 3.40. The fourth-order valence-corrected chi connectivity index (χ4v) is 1.87. The van der Waals surface area contributed by atoms with Crippen LogP contribution in [0.15, 0.2) is 24.3 Å². The van der Waals surface area contributed by atoms with Crippen LogP contribution in [0.2, 0.25) is 0 Å². The first-order chi connectivity index (χ1) is 8.15. The summed E-state index contributed by atoms with van der Waals surface area (Å²) in [5.41, 5.74) is 0.758. The number of halogens is 1. The van der Waals surface area contributed by atoms with E-state index in [4.69, 9.17) is 0 Å². The normalized spacial score (nSPS) is 19.6. The van der Waals surface area contributed by atoms with Gasteiger partial charge in [-0.2, -0.15) is 0 Å². The lowest BCUT2D eigenvalue weighted by molar-refractivity contribution is -0.124. The Kier molecular flexibility index (Phi) is 3.95. The molecule has 6 heteroatoms. The van der Waals surface area contributed by atoms with Crippen molar-refractivity contribution in [2.45, 2.75) is 6.04 Å². The van der Waals surface area contributed by atoms with Crippen LogP contribution in [0, 0.1) is 3.57 Å². The number of hydrogen-bond acceptors (Lipinski definition) is 3. The SMILES string of the molecule is O=C1CNC(C(=O)Nc2ccc(I)cc2)CN1. The van der Waals surface area contributed by atoms with E-state index < -0.39 is 0 Å². The standard InChI is InChI=1S/C11H12IN3O2/c12-7-1-3-8(4-2-7)15-11(17)9-5-14-10(16)6-13-9/h1-4,9,13H,5-6H2,(H,14,16)(H,15,17). The molecule has 5 nitrogen and oxygen atoms in total. The minimum Gasteiger partial charge on any atom is -0.353 e. The van der Waals surface area contributed by atoms with E-state index >= 15 is 0 Å². The molecule has 0 spiro atoms. The van der Waals surface area contributed by atoms with Crippen LogP contribution in [0.5, 0.6) is 0 Å². The Labute approximate surface area is 112 Å². The number of amides is 2. The molecule has 3 N–H and O–H groups in total. The number of carbonyl (C=O) groups excluding carboxylic acids is 2. The Balaban J connectivity index is 1.92. The van der Waals surface area contributed by atoms with Gasteiger partial charge in [0.15, 0.2) is 0 Å². The van der Waals surface area contributed by atoms with Crippen molar-refractivity contribution < 1.29 is 9.59 Å². The molecule has 0 aliphatic carbocycles. The second-order valence-corrected chi connectivity index (χ2v) is 4.98. The molecular formula is C11H12IN3O2. The molecule has 1 heterocycles. The lowest BCUT2D eigenvalue weighted by Gasteiger charge is -2.23. The Morgan fingerprint density at radius 1 is 1.35 bits per heavy atom. The van der Waals surface area contributed by atoms with Crippen molar-refractivity contribution in [2.24, 2.45) is 0 Å². The molecule has 1 saturated heterocycles. The summed E-state index contributed by atoms with van der Waals surface area (Å²) in [5.74, 6) is -0.213. The summed E-state index contributed by atoms with van der Waals surface area (Å²) < 4.78 is 1.11. The number of hydrogen-bond donors (Lipinski definition) is 3. The van der Waals surface area contributed by atoms with Crippen molar-refractivity contribution in [3.63, 3.8) is 0 Å². The van der Waals surface area contributed by atoms with Crippen LogP contribution in [-0.2, 0) is 9.59 Å². The molecule has 1 aliphatic rings. The second kappa shape index (κ2) is 5.46. The lowest BCUT2D eigenvalue weighted by atomic mass is 10.2. The molecule has 17 heavy (non-hydrogen) atoms. The molecule has 2 amide bonds. The van der Waals surface area contributed by atoms with Gasteiger partial charge in [0, 0.05) is 15.8 Å². The molecule has 0 aromatic heterocycles. The molecule has 1 atom stereocenters. The smallest absolute Gasteiger partial charge is 0.243 e. The quantitative estimate of drug-likeness (QED) is 0.676. The van der Waals surface area contributed by atoms with Crippen molar-refractivity contribution in [3.8, 4) is 0 Å². The van der Waals surface area contributed by atoms with Gasteiger partial charge in [-0.25, -0.2) is 0 Å². The van der Waals surface area contributed by atoms with E-state index in [2.05, 4.69) is 38.5 Å². The van der Waals surface area contributed by atoms with E-state index in [0.29, 0.717) is 6.54 Å². The third-order valence-corrected chi connectivity index (χ3v) is 3.16. The monoisotopic (exact) mass is 345 g/mol. The topological polar surface area (TPSA) is 70.2 Å². The molecule has 2 rings (SSSR count). The zero-order valence-electron chi connectivity index (χ0n) is 9.00. The molecule has 0 bridgehead atoms. The van der Waals surface area contributed by atoms with Crippen LogP contribution in [-0.4, -0.2) is 30.9 Å². The van der Waals surface area contributed by atoms with Gasteiger partial charge in [0.25, 0.3) is 0 Å². The van der Waals surface area contributed by atoms with Crippen molar-refractivity contribution >= 4 is 40.1 Å². The van der Waals surface area contributed by atoms with Crippen molar-refractivity contribution in [3.05, 3.63) is 27.8 Å². The summed E-state index contributed by atoms with van der Waals surface area (Å²) in [4.78, 5) is 22.8. The molecular weight excluding hydrogens is 333 g/mol. The van der Waals surface area contributed by atoms with E-state index in [1.54, 1.807) is 0 Å². The number of benzene rings is 1. The van der Waals surface area contributed by atoms with Gasteiger partial charge in [-0.05, 0) is 46.9 Å². The summed E-state index contributed by atoms with van der Waals surface area (Å²) >= 11 is 2.20. The van der Waals surface area contributed by atoms with Crippen LogP contribution in [0.1, 0.15) is 0 Å². The number of rotatable bonds is 2. The molecule has 0 saturated carbocycles. The fraction of sp³-hybridized carbons (Fsp3) is 0.273. The zero-order valence-corrected chi connectivity index (χ0v) is 11.2. The fourth-order valence-electron chi connectivity index (χ4n) is 1.51. The molecule has 1 aliphatic heterocycles. The van der Waals surface area contributed by atoms with E-state index in [1.807, 2.05) is 24.3 Å². The molecule has 1 aromatic rings. The van der Waals surface area contributed by atoms with E-state index in [-0.39, 0.29) is 24.4 Å². The van der Waals surface area contributed by atoms with E-state index in [9.17, 15) is 9.59 Å². The maximum absolute atomic E-state index is 11.8. The van der Waals surface area contributed by atoms with E-state index in [0.717, 1.165) is 9.26 Å². The lowest BCUT2D eigenvalue weighted by Crippen LogP contribution is -2.56. The average Bonchev–Trinajstić information content (AvgIpc) is 2.33. The third-order valence-electron chi connectivity index (χ3n) is 2.44. The summed E-state index contributed by atoms with van der Waals surface area (Å²) in [5, 5.41) is 8.32. The Hall–Kier alpha value is -1.15. The second-order valence-electron chi connectivity index (χ2n) is 3.73. The van der Waals surface area contributed by atoms with Gasteiger partial charge >= 0.3 is 0 Å². The number of anilines is 1. The highest BCUT2D eigenvalue weighted by Gasteiger charge is 2.23. The van der Waals surface area contributed by atoms with Gasteiger partial charge in [-0.15, -0.1) is 0 Å². The van der Waals surface area contributed by atoms with Crippen molar-refractivity contribution in [1.82, 2.24) is 10.6 Å². The molecule has 1 unspecified atom stereocenters. The Morgan fingerprint density at radius 2 is 2.06 bits per heavy atom. The Morgan fingerprint density at radius 3 is 2.65 bits per heavy atom. The van der Waals surface area contributed by atoms with Gasteiger partial charge < -0.3 is 10.6 Å². The molecule has 1 fully saturated rings. The highest BCUT2D eigenvalue weighted by Crippen LogP contribution is 2.11. The van der Waals surface area contributed by atoms with Crippen molar-refractivity contribution in [1.29, 1.82) is 0 Å². The summed E-state index contributed by atoms with van der Waals surface area (Å²) in [6.07, 6.45) is 0. The van der Waals surface area contributed by atoms with Gasteiger partial charge in [0.2, 0.25) is 11.8 Å². The van der Waals surface area contributed by atoms with Gasteiger partial charge in [-0.1, -0.05) is 0 Å². The molecule has 0 radical (unpaired) electrons. The first kappa shape index (κ1) is 12.3. The summed E-state index contributed by atoms with van der Waals surface area (Å²) in [6, 6.07) is 7.17. The summed E-state index contributed by atoms with van der Waals surface area (Å²) in [6.45, 7) is 0.514. The van der Waals surface area contributed by atoms with Crippen LogP contribution in [0.4, 0.5) is 5.69 Å². The molecule has 90 valence electrons. The maximum Gasteiger partial charge on any atom is 0.243 e. The maximum atomic E-state index is 11.8. The van der Waals surface area contributed by atoms with Gasteiger partial charge in [-0.3, -0.25) is 14.9 Å². The van der Waals surface area contributed by atoms with Gasteiger partial charge in [0.1, 0.15) is 6.04 Å². The number of piperazine rings is 1. The number of nitrogens with one attached hydrogen (secondary N) is 3. The largest absolute Gasteiger partial charge is 0.353 e. The van der Waals surface area contributed by atoms with Gasteiger partial charge in [0.05, 0.1) is 6.54 Å². The first-order valence-corrected chi connectivity index (χ1v) is 6.29. The molecule has 1 aromatic carbocycles. The predicted octanol–water partition coefficient (Wildman–Crippen LogP) is 0.318. The highest BCUT2D eigenvalue weighted by molar-refractivity contribution is 14.1. The van der Waals surface area contributed by atoms with Crippen LogP contribution in [0.3, 0.4) is 0 Å². The Bertz CT molecular complexity index is 423. The first-order valence-electron chi connectivity index (χ1n) is 5.21. The zero-order chi connectivity index (χ0) is 12.3.